The number of methoxy groups -OCH3 is 1. The standard InChI is InChI=1S/C23H24O2/c1-23(2,3)21-12-8-11-19(21)18-14-13-17(25-4)15-20(18)22(24)16-9-6-5-7-10-16/h5-15,19H,1-4H3. The van der Waals surface area contributed by atoms with Crippen molar-refractivity contribution in [1.82, 2.24) is 0 Å². The van der Waals surface area contributed by atoms with Crippen LogP contribution in [0.5, 0.6) is 5.75 Å². The normalized spacial score (nSPS) is 16.6. The number of hydrogen-bond donors (Lipinski definition) is 0. The molecule has 3 rings (SSSR count). The second-order valence-electron chi connectivity index (χ2n) is 7.38. The summed E-state index contributed by atoms with van der Waals surface area (Å²) in [6.07, 6.45) is 6.43. The summed E-state index contributed by atoms with van der Waals surface area (Å²) in [5, 5.41) is 0. The molecule has 1 atom stereocenters. The van der Waals surface area contributed by atoms with Crippen LogP contribution < -0.4 is 4.74 Å². The van der Waals surface area contributed by atoms with Gasteiger partial charge in [-0.1, -0.05) is 81.0 Å². The molecule has 0 spiro atoms. The molecular weight excluding hydrogens is 308 g/mol. The Morgan fingerprint density at radius 3 is 2.40 bits per heavy atom. The number of allylic oxidation sites excluding steroid dienone is 4. The Kier molecular flexibility index (Phi) is 4.63. The summed E-state index contributed by atoms with van der Waals surface area (Å²) < 4.78 is 5.37. The summed E-state index contributed by atoms with van der Waals surface area (Å²) in [6.45, 7) is 6.63. The zero-order chi connectivity index (χ0) is 18.0. The molecule has 0 fully saturated rings. The summed E-state index contributed by atoms with van der Waals surface area (Å²) in [6, 6.07) is 15.2. The summed E-state index contributed by atoms with van der Waals surface area (Å²) in [4.78, 5) is 13.1. The van der Waals surface area contributed by atoms with Crippen LogP contribution in [0.3, 0.4) is 0 Å². The minimum absolute atomic E-state index is 0.0306. The van der Waals surface area contributed by atoms with Crippen LogP contribution in [0.4, 0.5) is 0 Å². The van der Waals surface area contributed by atoms with Crippen molar-refractivity contribution >= 4 is 5.78 Å². The fourth-order valence-electron chi connectivity index (χ4n) is 3.34. The monoisotopic (exact) mass is 332 g/mol. The Morgan fingerprint density at radius 2 is 1.76 bits per heavy atom. The van der Waals surface area contributed by atoms with Crippen molar-refractivity contribution in [1.29, 1.82) is 0 Å². The predicted molar refractivity (Wildman–Crippen MR) is 102 cm³/mol. The lowest BCUT2D eigenvalue weighted by molar-refractivity contribution is 0.103. The second kappa shape index (κ2) is 6.72. The zero-order valence-corrected chi connectivity index (χ0v) is 15.2. The van der Waals surface area contributed by atoms with E-state index in [1.165, 1.54) is 5.57 Å². The highest BCUT2D eigenvalue weighted by atomic mass is 16.5. The van der Waals surface area contributed by atoms with E-state index >= 15 is 0 Å². The Balaban J connectivity index is 2.11. The van der Waals surface area contributed by atoms with Crippen LogP contribution in [-0.2, 0) is 0 Å². The number of carbonyl (C=O) groups excluding carboxylic acids is 1. The highest BCUT2D eigenvalue weighted by molar-refractivity contribution is 6.10. The lowest BCUT2D eigenvalue weighted by atomic mass is 9.76. The SMILES string of the molecule is COc1ccc(C2C=CC=C2C(C)(C)C)c(C(=O)c2ccccc2)c1. The Labute approximate surface area is 149 Å². The summed E-state index contributed by atoms with van der Waals surface area (Å²) >= 11 is 0. The molecule has 0 aromatic heterocycles. The van der Waals surface area contributed by atoms with Crippen LogP contribution in [0.1, 0.15) is 48.2 Å². The van der Waals surface area contributed by atoms with Gasteiger partial charge in [0.05, 0.1) is 7.11 Å². The zero-order valence-electron chi connectivity index (χ0n) is 15.2. The number of carbonyl (C=O) groups is 1. The molecule has 0 amide bonds. The molecule has 2 nitrogen and oxygen atoms in total. The summed E-state index contributed by atoms with van der Waals surface area (Å²) in [5.74, 6) is 0.850. The Hall–Kier alpha value is -2.61. The van der Waals surface area contributed by atoms with Crippen LogP contribution in [0, 0.1) is 5.41 Å². The van der Waals surface area contributed by atoms with Crippen molar-refractivity contribution in [3.05, 3.63) is 89.0 Å². The van der Waals surface area contributed by atoms with Crippen LogP contribution >= 0.6 is 0 Å². The Bertz CT molecular complexity index is 836. The molecule has 0 saturated carbocycles. The van der Waals surface area contributed by atoms with Gasteiger partial charge in [-0.3, -0.25) is 4.79 Å². The first-order valence-corrected chi connectivity index (χ1v) is 8.58. The van der Waals surface area contributed by atoms with Gasteiger partial charge in [0.25, 0.3) is 0 Å². The van der Waals surface area contributed by atoms with Crippen molar-refractivity contribution in [2.24, 2.45) is 5.41 Å². The molecule has 2 aromatic rings. The van der Waals surface area contributed by atoms with Gasteiger partial charge in [0.1, 0.15) is 5.75 Å². The van der Waals surface area contributed by atoms with E-state index < -0.39 is 0 Å². The average molecular weight is 332 g/mol. The van der Waals surface area contributed by atoms with E-state index in [1.54, 1.807) is 7.11 Å². The highest BCUT2D eigenvalue weighted by Gasteiger charge is 2.30. The van der Waals surface area contributed by atoms with Gasteiger partial charge in [-0.25, -0.2) is 0 Å². The number of ketones is 1. The van der Waals surface area contributed by atoms with Crippen molar-refractivity contribution in [2.75, 3.05) is 7.11 Å². The minimum Gasteiger partial charge on any atom is -0.497 e. The fourth-order valence-corrected chi connectivity index (χ4v) is 3.34. The lowest BCUT2D eigenvalue weighted by Gasteiger charge is -2.28. The van der Waals surface area contributed by atoms with E-state index in [4.69, 9.17) is 4.74 Å². The first kappa shape index (κ1) is 17.2. The molecule has 0 heterocycles. The molecule has 128 valence electrons. The first-order valence-electron chi connectivity index (χ1n) is 8.58. The summed E-state index contributed by atoms with van der Waals surface area (Å²) in [5.41, 5.74) is 3.79. The van der Waals surface area contributed by atoms with Gasteiger partial charge in [0, 0.05) is 17.0 Å². The van der Waals surface area contributed by atoms with Gasteiger partial charge >= 0.3 is 0 Å². The topological polar surface area (TPSA) is 26.3 Å². The molecule has 0 N–H and O–H groups in total. The number of benzene rings is 2. The molecule has 1 unspecified atom stereocenters. The molecule has 0 bridgehead atoms. The number of rotatable bonds is 4. The first-order chi connectivity index (χ1) is 11.9. The van der Waals surface area contributed by atoms with Crippen molar-refractivity contribution in [3.8, 4) is 5.75 Å². The lowest BCUT2D eigenvalue weighted by Crippen LogP contribution is -2.16. The smallest absolute Gasteiger partial charge is 0.193 e. The van der Waals surface area contributed by atoms with Crippen molar-refractivity contribution in [2.45, 2.75) is 26.7 Å². The number of hydrogen-bond acceptors (Lipinski definition) is 2. The molecule has 0 aliphatic heterocycles. The third-order valence-electron chi connectivity index (χ3n) is 4.66. The van der Waals surface area contributed by atoms with Crippen LogP contribution in [0.2, 0.25) is 0 Å². The third kappa shape index (κ3) is 3.43. The van der Waals surface area contributed by atoms with Crippen LogP contribution in [0.25, 0.3) is 0 Å². The molecule has 1 aliphatic rings. The van der Waals surface area contributed by atoms with Gasteiger partial charge < -0.3 is 4.74 Å². The Morgan fingerprint density at radius 1 is 1.04 bits per heavy atom. The van der Waals surface area contributed by atoms with Crippen molar-refractivity contribution in [3.63, 3.8) is 0 Å². The van der Waals surface area contributed by atoms with Crippen LogP contribution in [0.15, 0.2) is 72.3 Å². The van der Waals surface area contributed by atoms with E-state index in [0.29, 0.717) is 16.9 Å². The molecule has 2 aromatic carbocycles. The van der Waals surface area contributed by atoms with Gasteiger partial charge in [0.2, 0.25) is 0 Å². The maximum absolute atomic E-state index is 13.1. The van der Waals surface area contributed by atoms with E-state index in [2.05, 4.69) is 39.0 Å². The fraction of sp³-hybridized carbons (Fsp3) is 0.261. The second-order valence-corrected chi connectivity index (χ2v) is 7.38. The average Bonchev–Trinajstić information content (AvgIpc) is 3.11. The predicted octanol–water partition coefficient (Wildman–Crippen LogP) is 5.55. The van der Waals surface area contributed by atoms with E-state index in [9.17, 15) is 4.79 Å². The van der Waals surface area contributed by atoms with Crippen molar-refractivity contribution < 1.29 is 9.53 Å². The molecule has 2 heteroatoms. The molecular formula is C23H24O2. The van der Waals surface area contributed by atoms with Gasteiger partial charge in [0.15, 0.2) is 5.78 Å². The maximum Gasteiger partial charge on any atom is 0.193 e. The molecule has 0 saturated heterocycles. The van der Waals surface area contributed by atoms with Crippen LogP contribution in [-0.4, -0.2) is 12.9 Å². The summed E-state index contributed by atoms with van der Waals surface area (Å²) in [7, 11) is 1.63. The third-order valence-corrected chi connectivity index (χ3v) is 4.66. The van der Waals surface area contributed by atoms with E-state index in [1.807, 2.05) is 48.5 Å². The number of ether oxygens (including phenoxy) is 1. The molecule has 0 radical (unpaired) electrons. The maximum atomic E-state index is 13.1. The van der Waals surface area contributed by atoms with E-state index in [-0.39, 0.29) is 17.1 Å². The van der Waals surface area contributed by atoms with Gasteiger partial charge in [-0.05, 0) is 23.1 Å². The quantitative estimate of drug-likeness (QED) is 0.686. The van der Waals surface area contributed by atoms with Gasteiger partial charge in [-0.2, -0.15) is 0 Å². The minimum atomic E-state index is 0.0306. The largest absolute Gasteiger partial charge is 0.497 e. The van der Waals surface area contributed by atoms with E-state index in [0.717, 1.165) is 5.56 Å². The highest BCUT2D eigenvalue weighted by Crippen LogP contribution is 2.43. The van der Waals surface area contributed by atoms with Gasteiger partial charge in [-0.15, -0.1) is 0 Å². The molecule has 1 aliphatic carbocycles. The molecule has 25 heavy (non-hydrogen) atoms.